The van der Waals surface area contributed by atoms with Crippen molar-refractivity contribution in [2.45, 2.75) is 44.0 Å². The van der Waals surface area contributed by atoms with E-state index in [4.69, 9.17) is 4.74 Å². The van der Waals surface area contributed by atoms with Crippen LogP contribution in [-0.4, -0.2) is 27.9 Å². The Bertz CT molecular complexity index is 1440. The third kappa shape index (κ3) is 1.55. The Morgan fingerprint density at radius 1 is 1.17 bits per heavy atom. The summed E-state index contributed by atoms with van der Waals surface area (Å²) in [6, 6.07) is 0.0620. The number of amides is 1. The van der Waals surface area contributed by atoms with Gasteiger partial charge in [0.2, 0.25) is 0 Å². The van der Waals surface area contributed by atoms with Crippen molar-refractivity contribution in [2.75, 3.05) is 4.90 Å². The highest BCUT2D eigenvalue weighted by molar-refractivity contribution is 6.16. The molecule has 2 aliphatic carbocycles. The van der Waals surface area contributed by atoms with Crippen molar-refractivity contribution >= 4 is 34.1 Å². The summed E-state index contributed by atoms with van der Waals surface area (Å²) in [6.45, 7) is 0. The molecule has 4 aliphatic heterocycles. The molecular formula is C24H19N3O3. The van der Waals surface area contributed by atoms with Crippen LogP contribution in [0.4, 0.5) is 5.69 Å². The van der Waals surface area contributed by atoms with Gasteiger partial charge in [-0.2, -0.15) is 0 Å². The van der Waals surface area contributed by atoms with Crippen LogP contribution in [0.2, 0.25) is 0 Å². The number of anilines is 1. The first-order valence-electron chi connectivity index (χ1n) is 10.7. The number of nitrogens with one attached hydrogen (secondary N) is 1. The number of benzene rings is 1. The molecule has 2 bridgehead atoms. The van der Waals surface area contributed by atoms with E-state index in [2.05, 4.69) is 51.2 Å². The largest absolute Gasteiger partial charge is 0.369 e. The van der Waals surface area contributed by atoms with Crippen LogP contribution in [0.25, 0.3) is 22.6 Å². The van der Waals surface area contributed by atoms with E-state index >= 15 is 0 Å². The minimum atomic E-state index is -0.987. The number of aromatic nitrogens is 1. The van der Waals surface area contributed by atoms with Gasteiger partial charge in [0.1, 0.15) is 12.5 Å². The molecule has 1 amide bonds. The topological polar surface area (TPSA) is 66.7 Å². The summed E-state index contributed by atoms with van der Waals surface area (Å²) in [5, 5.41) is 16.8. The van der Waals surface area contributed by atoms with Crippen molar-refractivity contribution in [1.29, 1.82) is 0 Å². The molecule has 6 heteroatoms. The normalized spacial score (nSPS) is 31.0. The number of aliphatic hydroxyl groups excluding tert-OH is 1. The van der Waals surface area contributed by atoms with Crippen LogP contribution in [0.5, 0.6) is 0 Å². The number of nitrogens with zero attached hydrogens (tertiary/aromatic N) is 2. The van der Waals surface area contributed by atoms with Crippen LogP contribution in [0.3, 0.4) is 0 Å². The van der Waals surface area contributed by atoms with Crippen LogP contribution < -0.4 is 20.8 Å². The molecular weight excluding hydrogens is 378 g/mol. The van der Waals surface area contributed by atoms with Gasteiger partial charge in [-0.1, -0.05) is 36.5 Å². The van der Waals surface area contributed by atoms with E-state index in [1.165, 1.54) is 0 Å². The molecule has 1 aromatic heterocycles. The van der Waals surface area contributed by atoms with Crippen molar-refractivity contribution < 1.29 is 14.6 Å². The highest BCUT2D eigenvalue weighted by Crippen LogP contribution is 2.48. The van der Waals surface area contributed by atoms with Crippen molar-refractivity contribution in [1.82, 2.24) is 9.88 Å². The molecule has 0 radical (unpaired) electrons. The number of fused-ring (bicyclic) bond motifs is 12. The lowest BCUT2D eigenvalue weighted by molar-refractivity contribution is 0.00537. The summed E-state index contributed by atoms with van der Waals surface area (Å²) < 4.78 is 8.93. The summed E-state index contributed by atoms with van der Waals surface area (Å²) in [6.07, 6.45) is 16.5. The zero-order valence-electron chi connectivity index (χ0n) is 16.1. The van der Waals surface area contributed by atoms with E-state index in [1.807, 2.05) is 6.08 Å². The molecule has 5 heterocycles. The van der Waals surface area contributed by atoms with E-state index in [1.54, 1.807) is 0 Å². The molecule has 1 saturated heterocycles. The van der Waals surface area contributed by atoms with E-state index in [0.717, 1.165) is 63.1 Å². The van der Waals surface area contributed by atoms with Crippen molar-refractivity contribution in [3.8, 4) is 0 Å². The summed E-state index contributed by atoms with van der Waals surface area (Å²) in [5.74, 6) is -0.184. The monoisotopic (exact) mass is 397 g/mol. The van der Waals surface area contributed by atoms with Gasteiger partial charge in [-0.05, 0) is 36.5 Å². The molecule has 1 fully saturated rings. The van der Waals surface area contributed by atoms with Gasteiger partial charge in [0.05, 0.1) is 22.8 Å². The Balaban J connectivity index is 1.70. The Morgan fingerprint density at radius 3 is 3.00 bits per heavy atom. The zero-order valence-corrected chi connectivity index (χ0v) is 16.1. The van der Waals surface area contributed by atoms with E-state index in [-0.39, 0.29) is 24.4 Å². The van der Waals surface area contributed by atoms with Crippen LogP contribution in [0, 0.1) is 0 Å². The quantitative estimate of drug-likeness (QED) is 0.705. The van der Waals surface area contributed by atoms with Gasteiger partial charge >= 0.3 is 0 Å². The van der Waals surface area contributed by atoms with Gasteiger partial charge in [-0.3, -0.25) is 4.79 Å². The number of aliphatic hydroxyl groups is 1. The number of ether oxygens (including phenoxy) is 1. The maximum absolute atomic E-state index is 13.1. The van der Waals surface area contributed by atoms with Crippen LogP contribution in [0.15, 0.2) is 36.5 Å². The van der Waals surface area contributed by atoms with Gasteiger partial charge in [0, 0.05) is 21.5 Å². The molecule has 148 valence electrons. The predicted octanol–water partition coefficient (Wildman–Crippen LogP) is 1.38. The number of carbonyl (C=O) groups excluding carboxylic acids is 1. The molecule has 2 aromatic rings. The number of hydrogen-bond acceptors (Lipinski definition) is 4. The third-order valence-corrected chi connectivity index (χ3v) is 7.50. The van der Waals surface area contributed by atoms with E-state index < -0.39 is 6.23 Å². The molecule has 0 spiro atoms. The third-order valence-electron chi connectivity index (χ3n) is 7.50. The summed E-state index contributed by atoms with van der Waals surface area (Å²) in [4.78, 5) is 15.5. The standard InChI is InChI=1S/C24H19N3O3/c28-23-19-17-11-5-1-3-7-13(11)26-15-9-10-16(30-15)27-14-8-4-2-6-12(14)18(22(27)21(17)26)20(19)24(29)25-23/h1-5,7-8,13,15-16,23,28H,6,9-10H2,(H,25,29)/t13?,15-,16+,23?/m1/s1. The molecule has 6 nitrogen and oxygen atoms in total. The van der Waals surface area contributed by atoms with Crippen LogP contribution >= 0.6 is 0 Å². The van der Waals surface area contributed by atoms with Gasteiger partial charge in [-0.15, -0.1) is 0 Å². The highest BCUT2D eigenvalue weighted by Gasteiger charge is 2.48. The van der Waals surface area contributed by atoms with E-state index in [0.29, 0.717) is 5.56 Å². The first kappa shape index (κ1) is 15.7. The highest BCUT2D eigenvalue weighted by atomic mass is 16.5. The SMILES string of the molecule is O=C1NC(O)c2c1c1c3c(n4c1c1c2=C2C=CC=CC2N1[C@H]1CC[C@@H]4O1)=CC=CC3. The molecule has 6 aliphatic rings. The van der Waals surface area contributed by atoms with Crippen molar-refractivity contribution in [3.05, 3.63) is 63.7 Å². The number of rotatable bonds is 0. The lowest BCUT2D eigenvalue weighted by atomic mass is 9.93. The molecule has 2 N–H and O–H groups in total. The maximum Gasteiger partial charge on any atom is 0.254 e. The molecule has 0 saturated carbocycles. The number of allylic oxidation sites excluding steroid dienone is 4. The van der Waals surface area contributed by atoms with Gasteiger partial charge in [0.15, 0.2) is 6.23 Å². The van der Waals surface area contributed by atoms with Crippen molar-refractivity contribution in [2.24, 2.45) is 0 Å². The van der Waals surface area contributed by atoms with E-state index in [9.17, 15) is 9.90 Å². The Hall–Kier alpha value is -3.09. The predicted molar refractivity (Wildman–Crippen MR) is 112 cm³/mol. The van der Waals surface area contributed by atoms with Crippen molar-refractivity contribution in [3.63, 3.8) is 0 Å². The van der Waals surface area contributed by atoms with Crippen LogP contribution in [0.1, 0.15) is 46.8 Å². The van der Waals surface area contributed by atoms with Crippen LogP contribution in [-0.2, 0) is 11.2 Å². The first-order chi connectivity index (χ1) is 14.7. The Morgan fingerprint density at radius 2 is 2.07 bits per heavy atom. The lowest BCUT2D eigenvalue weighted by Gasteiger charge is -2.32. The average molecular weight is 397 g/mol. The summed E-state index contributed by atoms with van der Waals surface area (Å²) >= 11 is 0. The molecule has 2 unspecified atom stereocenters. The maximum atomic E-state index is 13.1. The second-order valence-corrected chi connectivity index (χ2v) is 8.82. The first-order valence-corrected chi connectivity index (χ1v) is 10.7. The Kier molecular flexibility index (Phi) is 2.60. The lowest BCUT2D eigenvalue weighted by Crippen LogP contribution is -2.40. The fraction of sp³-hybridized carbons (Fsp3) is 0.292. The average Bonchev–Trinajstić information content (AvgIpc) is 3.46. The number of hydrogen-bond donors (Lipinski definition) is 2. The minimum Gasteiger partial charge on any atom is -0.369 e. The summed E-state index contributed by atoms with van der Waals surface area (Å²) in [7, 11) is 0. The molecule has 4 atom stereocenters. The molecule has 30 heavy (non-hydrogen) atoms. The van der Waals surface area contributed by atoms with Gasteiger partial charge in [0.25, 0.3) is 5.91 Å². The fourth-order valence-corrected chi connectivity index (χ4v) is 6.48. The second kappa shape index (κ2) is 4.96. The second-order valence-electron chi connectivity index (χ2n) is 8.82. The Labute approximate surface area is 171 Å². The number of carbonyl (C=O) groups is 1. The van der Waals surface area contributed by atoms with Gasteiger partial charge < -0.3 is 24.6 Å². The van der Waals surface area contributed by atoms with Gasteiger partial charge in [-0.25, -0.2) is 0 Å². The summed E-state index contributed by atoms with van der Waals surface area (Å²) in [5.41, 5.74) is 5.89. The fourth-order valence-electron chi connectivity index (χ4n) is 6.48. The zero-order chi connectivity index (χ0) is 19.7. The molecule has 1 aromatic carbocycles. The smallest absolute Gasteiger partial charge is 0.254 e. The molecule has 8 rings (SSSR count). The minimum absolute atomic E-state index is 0.00876.